The Bertz CT molecular complexity index is 2220. The molecule has 17 heteroatoms. The van der Waals surface area contributed by atoms with Crippen LogP contribution in [0.2, 0.25) is 10.0 Å². The zero-order valence-corrected chi connectivity index (χ0v) is 32.5. The number of benzene rings is 4. The number of fused-ring (bicyclic) bond motifs is 4. The highest BCUT2D eigenvalue weighted by molar-refractivity contribution is 7.99. The number of nitrogens with zero attached hydrogens (tertiary/aromatic N) is 3. The summed E-state index contributed by atoms with van der Waals surface area (Å²) in [5.74, 6) is -0.125. The average molecular weight is 826 g/mol. The molecule has 0 bridgehead atoms. The van der Waals surface area contributed by atoms with Gasteiger partial charge in [-0.2, -0.15) is 0 Å². The third-order valence-corrected chi connectivity index (χ3v) is 12.8. The van der Waals surface area contributed by atoms with E-state index in [1.807, 2.05) is 12.1 Å². The molecule has 7 rings (SSSR count). The maximum absolute atomic E-state index is 14.5. The van der Waals surface area contributed by atoms with Crippen molar-refractivity contribution in [2.45, 2.75) is 49.0 Å². The number of nitrogens with one attached hydrogen (secondary N) is 1. The molecule has 1 aliphatic carbocycles. The summed E-state index contributed by atoms with van der Waals surface area (Å²) in [5.41, 5.74) is 4.79. The molecule has 1 fully saturated rings. The second-order valence-electron chi connectivity index (χ2n) is 13.3. The summed E-state index contributed by atoms with van der Waals surface area (Å²) < 4.78 is 32.6. The summed E-state index contributed by atoms with van der Waals surface area (Å²) >= 11 is 13.7. The molecule has 2 aliphatic heterocycles. The van der Waals surface area contributed by atoms with E-state index in [2.05, 4.69) is 22.3 Å². The van der Waals surface area contributed by atoms with Crippen LogP contribution >= 0.6 is 42.8 Å². The first-order valence-corrected chi connectivity index (χ1v) is 20.8. The quantitative estimate of drug-likeness (QED) is 0.0557. The first-order chi connectivity index (χ1) is 26.5. The highest BCUT2D eigenvalue weighted by atomic mass is 35.5. The van der Waals surface area contributed by atoms with Gasteiger partial charge in [0.25, 0.3) is 11.4 Å². The van der Waals surface area contributed by atoms with Gasteiger partial charge in [-0.25, -0.2) is 4.57 Å². The first-order valence-electron chi connectivity index (χ1n) is 17.6. The number of non-ortho nitro benzene ring substituents is 1. The van der Waals surface area contributed by atoms with Crippen LogP contribution in [0.1, 0.15) is 49.1 Å². The Morgan fingerprint density at radius 2 is 1.76 bits per heavy atom. The Hall–Kier alpha value is -4.43. The van der Waals surface area contributed by atoms with E-state index >= 15 is 0 Å². The molecule has 0 radical (unpaired) electrons. The summed E-state index contributed by atoms with van der Waals surface area (Å²) in [5, 5.41) is 25.7. The van der Waals surface area contributed by atoms with Crippen molar-refractivity contribution in [2.75, 3.05) is 30.8 Å². The van der Waals surface area contributed by atoms with Crippen molar-refractivity contribution in [3.05, 3.63) is 132 Å². The second-order valence-corrected chi connectivity index (χ2v) is 16.8. The number of anilines is 1. The number of phosphoric ester groups is 1. The third-order valence-electron chi connectivity index (χ3n) is 9.82. The normalized spacial score (nSPS) is 18.7. The standard InChI is InChI=1S/C38H35Cl2N4O9PS/c39-25-7-13-33(40)36(21-25)53-54(50,51-23-24-20-32-31(30-5-2-1-4-29(24)30)15-18-42-17-3-6-34(32)42)52-28-11-8-26(9-12-28)41-38(45)16-19-55-37-14-10-27(43(46)47)22-35(37)44(48)49/h1-2,4-5,7-14,21-22,24,34H,3,6,15-20,23H2,(H,41,45)/t24-,34-,54?/m0/s1. The molecule has 13 nitrogen and oxygen atoms in total. The van der Waals surface area contributed by atoms with E-state index < -0.39 is 29.0 Å². The van der Waals surface area contributed by atoms with Gasteiger partial charge >= 0.3 is 7.82 Å². The molecule has 4 aromatic carbocycles. The fourth-order valence-corrected chi connectivity index (χ4v) is 9.94. The van der Waals surface area contributed by atoms with Crippen molar-refractivity contribution in [1.29, 1.82) is 0 Å². The topological polar surface area (TPSA) is 163 Å². The largest absolute Gasteiger partial charge is 0.587 e. The van der Waals surface area contributed by atoms with Crippen molar-refractivity contribution >= 4 is 71.3 Å². The third kappa shape index (κ3) is 9.01. The fraction of sp³-hybridized carbons (Fsp3) is 0.289. The number of halogens is 2. The van der Waals surface area contributed by atoms with E-state index in [4.69, 9.17) is 36.8 Å². The SMILES string of the molecule is O=C(CCSc1ccc([N+](=O)[O-])cc1[N+](=O)[O-])Nc1ccc(OP(=O)(OC[C@@H]2CC3=C(CCN4CCC[C@@H]34)c3ccccc32)Oc2cc(Cl)ccc2Cl)cc1. The first kappa shape index (κ1) is 38.8. The number of rotatable bonds is 14. The van der Waals surface area contributed by atoms with E-state index in [1.54, 1.807) is 18.2 Å². The Morgan fingerprint density at radius 1 is 0.964 bits per heavy atom. The highest BCUT2D eigenvalue weighted by Crippen LogP contribution is 2.54. The Balaban J connectivity index is 1.03. The second kappa shape index (κ2) is 16.7. The van der Waals surface area contributed by atoms with Crippen LogP contribution in [-0.2, 0) is 13.9 Å². The maximum atomic E-state index is 14.5. The van der Waals surface area contributed by atoms with Crippen LogP contribution in [0, 0.1) is 20.2 Å². The molecule has 3 aliphatic rings. The van der Waals surface area contributed by atoms with E-state index in [-0.39, 0.29) is 52.0 Å². The predicted octanol–water partition coefficient (Wildman–Crippen LogP) is 10.3. The minimum atomic E-state index is -4.40. The molecule has 0 saturated carbocycles. The number of phosphoric acid groups is 1. The number of nitro groups is 2. The van der Waals surface area contributed by atoms with Crippen molar-refractivity contribution in [3.8, 4) is 11.5 Å². The van der Waals surface area contributed by atoms with Crippen LogP contribution in [0.15, 0.2) is 95.4 Å². The maximum Gasteiger partial charge on any atom is 0.587 e. The minimum Gasteiger partial charge on any atom is -0.395 e. The number of nitro benzene ring substituents is 2. The Labute approximate surface area is 330 Å². The highest BCUT2D eigenvalue weighted by Gasteiger charge is 2.40. The van der Waals surface area contributed by atoms with Crippen LogP contribution in [-0.4, -0.2) is 52.1 Å². The molecule has 2 heterocycles. The van der Waals surface area contributed by atoms with E-state index in [0.29, 0.717) is 16.8 Å². The number of carbonyl (C=O) groups excluding carboxylic acids is 1. The summed E-state index contributed by atoms with van der Waals surface area (Å²) in [6.07, 6.45) is 4.05. The predicted molar refractivity (Wildman–Crippen MR) is 211 cm³/mol. The van der Waals surface area contributed by atoms with Gasteiger partial charge < -0.3 is 14.4 Å². The zero-order valence-electron chi connectivity index (χ0n) is 29.2. The average Bonchev–Trinajstić information content (AvgIpc) is 3.66. The molecule has 1 N–H and O–H groups in total. The lowest BCUT2D eigenvalue weighted by molar-refractivity contribution is -0.396. The Morgan fingerprint density at radius 3 is 2.55 bits per heavy atom. The lowest BCUT2D eigenvalue weighted by atomic mass is 9.74. The smallest absolute Gasteiger partial charge is 0.395 e. The summed E-state index contributed by atoms with van der Waals surface area (Å²) in [4.78, 5) is 36.5. The van der Waals surface area contributed by atoms with Gasteiger partial charge in [0.15, 0.2) is 5.75 Å². The van der Waals surface area contributed by atoms with Gasteiger partial charge in [-0.3, -0.25) is 34.4 Å². The fourth-order valence-electron chi connectivity index (χ4n) is 7.33. The molecule has 3 atom stereocenters. The molecule has 1 amide bonds. The van der Waals surface area contributed by atoms with Gasteiger partial charge in [-0.1, -0.05) is 47.5 Å². The minimum absolute atomic E-state index is 0.00416. The van der Waals surface area contributed by atoms with Gasteiger partial charge in [0, 0.05) is 53.5 Å². The summed E-state index contributed by atoms with van der Waals surface area (Å²) in [6.45, 7) is 2.19. The molecule has 0 aromatic heterocycles. The van der Waals surface area contributed by atoms with Crippen molar-refractivity contribution in [2.24, 2.45) is 0 Å². The molecule has 4 aromatic rings. The van der Waals surface area contributed by atoms with Gasteiger partial charge in [-0.15, -0.1) is 11.8 Å². The van der Waals surface area contributed by atoms with Crippen molar-refractivity contribution < 1.29 is 32.8 Å². The van der Waals surface area contributed by atoms with Gasteiger partial charge in [-0.05, 0) is 97.0 Å². The summed E-state index contributed by atoms with van der Waals surface area (Å²) in [6, 6.07) is 22.7. The van der Waals surface area contributed by atoms with Crippen molar-refractivity contribution in [1.82, 2.24) is 4.90 Å². The van der Waals surface area contributed by atoms with E-state index in [0.717, 1.165) is 55.7 Å². The monoisotopic (exact) mass is 824 g/mol. The number of thioether (sulfide) groups is 1. The van der Waals surface area contributed by atoms with Crippen molar-refractivity contribution in [3.63, 3.8) is 0 Å². The van der Waals surface area contributed by atoms with E-state index in [1.165, 1.54) is 59.5 Å². The lowest BCUT2D eigenvalue weighted by Gasteiger charge is -2.40. The van der Waals surface area contributed by atoms with Gasteiger partial charge in [0.1, 0.15) is 5.75 Å². The summed E-state index contributed by atoms with van der Waals surface area (Å²) in [7, 11) is -4.40. The Kier molecular flexibility index (Phi) is 11.8. The lowest BCUT2D eigenvalue weighted by Crippen LogP contribution is -2.38. The van der Waals surface area contributed by atoms with Crippen LogP contribution in [0.3, 0.4) is 0 Å². The van der Waals surface area contributed by atoms with Gasteiger partial charge in [0.05, 0.1) is 32.4 Å². The van der Waals surface area contributed by atoms with Crippen LogP contribution in [0.4, 0.5) is 17.1 Å². The molecule has 1 saturated heterocycles. The zero-order chi connectivity index (χ0) is 38.7. The number of hydrogen-bond acceptors (Lipinski definition) is 11. The van der Waals surface area contributed by atoms with E-state index in [9.17, 15) is 29.6 Å². The molecule has 0 spiro atoms. The molecule has 1 unspecified atom stereocenters. The van der Waals surface area contributed by atoms with Crippen LogP contribution in [0.25, 0.3) is 5.57 Å². The van der Waals surface area contributed by atoms with Gasteiger partial charge in [0.2, 0.25) is 5.91 Å². The number of carbonyl (C=O) groups is 1. The molecule has 55 heavy (non-hydrogen) atoms. The molecule has 286 valence electrons. The van der Waals surface area contributed by atoms with Crippen LogP contribution in [0.5, 0.6) is 11.5 Å². The van der Waals surface area contributed by atoms with Crippen LogP contribution < -0.4 is 14.4 Å². The number of amides is 1. The molecular weight excluding hydrogens is 790 g/mol. The number of hydrogen-bond donors (Lipinski definition) is 1. The molecular formula is C38H35Cl2N4O9PS.